The number of aryl methyl sites for hydroxylation is 1. The maximum absolute atomic E-state index is 4.42. The summed E-state index contributed by atoms with van der Waals surface area (Å²) in [5, 5.41) is 0. The summed E-state index contributed by atoms with van der Waals surface area (Å²) in [6.45, 7) is 6.38. The standard InChI is InChI=1S/C10H12N2S/c1-6(2)8-9-10(13-5-12-9)7(3)4-11-8/h4-6H,1-3H3. The van der Waals surface area contributed by atoms with E-state index in [1.165, 1.54) is 10.3 Å². The lowest BCUT2D eigenvalue weighted by Crippen LogP contribution is -1.94. The topological polar surface area (TPSA) is 25.8 Å². The van der Waals surface area contributed by atoms with E-state index in [4.69, 9.17) is 0 Å². The van der Waals surface area contributed by atoms with E-state index >= 15 is 0 Å². The second-order valence-electron chi connectivity index (χ2n) is 3.51. The smallest absolute Gasteiger partial charge is 0.103 e. The van der Waals surface area contributed by atoms with Crippen molar-refractivity contribution in [2.24, 2.45) is 0 Å². The van der Waals surface area contributed by atoms with Gasteiger partial charge >= 0.3 is 0 Å². The SMILES string of the molecule is Cc1cnc(C(C)C)c2ncsc12. The van der Waals surface area contributed by atoms with Crippen molar-refractivity contribution in [3.05, 3.63) is 23.0 Å². The fourth-order valence-corrected chi connectivity index (χ4v) is 2.19. The van der Waals surface area contributed by atoms with E-state index in [-0.39, 0.29) is 0 Å². The maximum Gasteiger partial charge on any atom is 0.103 e. The third-order valence-corrected chi connectivity index (χ3v) is 3.07. The molecular weight excluding hydrogens is 180 g/mol. The van der Waals surface area contributed by atoms with Crippen LogP contribution in [0.3, 0.4) is 0 Å². The van der Waals surface area contributed by atoms with Crippen molar-refractivity contribution < 1.29 is 0 Å². The number of thiazole rings is 1. The van der Waals surface area contributed by atoms with Crippen LogP contribution in [0, 0.1) is 6.92 Å². The lowest BCUT2D eigenvalue weighted by atomic mass is 10.1. The van der Waals surface area contributed by atoms with E-state index < -0.39 is 0 Å². The van der Waals surface area contributed by atoms with Crippen molar-refractivity contribution in [1.82, 2.24) is 9.97 Å². The van der Waals surface area contributed by atoms with E-state index in [9.17, 15) is 0 Å². The van der Waals surface area contributed by atoms with Gasteiger partial charge in [-0.2, -0.15) is 0 Å². The molecule has 0 spiro atoms. The number of pyridine rings is 1. The highest BCUT2D eigenvalue weighted by atomic mass is 32.1. The highest BCUT2D eigenvalue weighted by Crippen LogP contribution is 2.27. The molecule has 2 heterocycles. The van der Waals surface area contributed by atoms with Crippen LogP contribution in [0.15, 0.2) is 11.7 Å². The van der Waals surface area contributed by atoms with Gasteiger partial charge in [0.25, 0.3) is 0 Å². The van der Waals surface area contributed by atoms with Gasteiger partial charge in [0, 0.05) is 6.20 Å². The van der Waals surface area contributed by atoms with Crippen LogP contribution in [-0.2, 0) is 0 Å². The van der Waals surface area contributed by atoms with Gasteiger partial charge in [-0.3, -0.25) is 4.98 Å². The molecular formula is C10H12N2S. The van der Waals surface area contributed by atoms with Crippen LogP contribution in [0.5, 0.6) is 0 Å². The van der Waals surface area contributed by atoms with Crippen LogP contribution in [0.2, 0.25) is 0 Å². The van der Waals surface area contributed by atoms with Gasteiger partial charge < -0.3 is 0 Å². The average Bonchev–Trinajstić information content (AvgIpc) is 2.53. The van der Waals surface area contributed by atoms with Crippen molar-refractivity contribution in [3.8, 4) is 0 Å². The summed E-state index contributed by atoms with van der Waals surface area (Å²) in [6, 6.07) is 0. The fraction of sp³-hybridized carbons (Fsp3) is 0.400. The van der Waals surface area contributed by atoms with Crippen LogP contribution in [0.4, 0.5) is 0 Å². The number of nitrogens with zero attached hydrogens (tertiary/aromatic N) is 2. The van der Waals surface area contributed by atoms with Crippen molar-refractivity contribution in [2.75, 3.05) is 0 Å². The Balaban J connectivity index is 2.78. The Kier molecular flexibility index (Phi) is 2.04. The predicted molar refractivity (Wildman–Crippen MR) is 56.2 cm³/mol. The van der Waals surface area contributed by atoms with Crippen molar-refractivity contribution in [3.63, 3.8) is 0 Å². The molecule has 0 radical (unpaired) electrons. The third-order valence-electron chi connectivity index (χ3n) is 2.11. The van der Waals surface area contributed by atoms with Crippen molar-refractivity contribution in [2.45, 2.75) is 26.7 Å². The molecule has 13 heavy (non-hydrogen) atoms. The zero-order chi connectivity index (χ0) is 9.42. The van der Waals surface area contributed by atoms with E-state index in [1.807, 2.05) is 11.7 Å². The number of hydrogen-bond acceptors (Lipinski definition) is 3. The van der Waals surface area contributed by atoms with Crippen LogP contribution in [-0.4, -0.2) is 9.97 Å². The molecule has 0 N–H and O–H groups in total. The molecule has 2 rings (SSSR count). The minimum Gasteiger partial charge on any atom is -0.258 e. The van der Waals surface area contributed by atoms with Crippen LogP contribution < -0.4 is 0 Å². The molecule has 2 aromatic heterocycles. The van der Waals surface area contributed by atoms with E-state index in [0.29, 0.717) is 5.92 Å². The van der Waals surface area contributed by atoms with Crippen molar-refractivity contribution >= 4 is 21.6 Å². The van der Waals surface area contributed by atoms with Gasteiger partial charge in [-0.15, -0.1) is 11.3 Å². The summed E-state index contributed by atoms with van der Waals surface area (Å²) in [7, 11) is 0. The molecule has 2 nitrogen and oxygen atoms in total. The molecule has 0 fully saturated rings. The average molecular weight is 192 g/mol. The predicted octanol–water partition coefficient (Wildman–Crippen LogP) is 3.12. The Morgan fingerprint density at radius 2 is 2.08 bits per heavy atom. The molecule has 0 saturated carbocycles. The first kappa shape index (κ1) is 8.63. The Morgan fingerprint density at radius 1 is 1.31 bits per heavy atom. The first-order chi connectivity index (χ1) is 6.20. The molecule has 0 aromatic carbocycles. The first-order valence-electron chi connectivity index (χ1n) is 4.39. The molecule has 0 saturated heterocycles. The van der Waals surface area contributed by atoms with Gasteiger partial charge in [-0.1, -0.05) is 13.8 Å². The molecule has 3 heteroatoms. The Hall–Kier alpha value is -0.960. The quantitative estimate of drug-likeness (QED) is 0.693. The van der Waals surface area contributed by atoms with Crippen LogP contribution in [0.1, 0.15) is 31.0 Å². The van der Waals surface area contributed by atoms with E-state index in [0.717, 1.165) is 11.2 Å². The van der Waals surface area contributed by atoms with Crippen LogP contribution >= 0.6 is 11.3 Å². The number of aromatic nitrogens is 2. The third kappa shape index (κ3) is 1.33. The van der Waals surface area contributed by atoms with Gasteiger partial charge in [0.15, 0.2) is 0 Å². The molecule has 0 aliphatic carbocycles. The van der Waals surface area contributed by atoms with E-state index in [2.05, 4.69) is 30.7 Å². The zero-order valence-electron chi connectivity index (χ0n) is 8.03. The number of fused-ring (bicyclic) bond motifs is 1. The Bertz CT molecular complexity index is 431. The molecule has 68 valence electrons. The van der Waals surface area contributed by atoms with Gasteiger partial charge in [0.05, 0.1) is 15.9 Å². The maximum atomic E-state index is 4.42. The molecule has 2 aromatic rings. The molecule has 0 unspecified atom stereocenters. The van der Waals surface area contributed by atoms with E-state index in [1.54, 1.807) is 11.3 Å². The highest BCUT2D eigenvalue weighted by molar-refractivity contribution is 7.17. The first-order valence-corrected chi connectivity index (χ1v) is 5.27. The largest absolute Gasteiger partial charge is 0.258 e. The molecule has 0 amide bonds. The lowest BCUT2D eigenvalue weighted by Gasteiger charge is -2.05. The number of rotatable bonds is 1. The number of hydrogen-bond donors (Lipinski definition) is 0. The minimum atomic E-state index is 0.449. The summed E-state index contributed by atoms with van der Waals surface area (Å²) in [6.07, 6.45) is 1.94. The van der Waals surface area contributed by atoms with Crippen LogP contribution in [0.25, 0.3) is 10.2 Å². The second-order valence-corrected chi connectivity index (χ2v) is 4.37. The summed E-state index contributed by atoms with van der Waals surface area (Å²) in [5.74, 6) is 0.449. The Morgan fingerprint density at radius 3 is 2.77 bits per heavy atom. The minimum absolute atomic E-state index is 0.449. The highest BCUT2D eigenvalue weighted by Gasteiger charge is 2.10. The van der Waals surface area contributed by atoms with Gasteiger partial charge in [0.1, 0.15) is 5.52 Å². The normalized spacial score (nSPS) is 11.4. The molecule has 0 aliphatic rings. The van der Waals surface area contributed by atoms with Gasteiger partial charge in [0.2, 0.25) is 0 Å². The second kappa shape index (κ2) is 3.07. The molecule has 0 aliphatic heterocycles. The summed E-state index contributed by atoms with van der Waals surface area (Å²) >= 11 is 1.69. The lowest BCUT2D eigenvalue weighted by molar-refractivity contribution is 0.830. The molecule has 0 atom stereocenters. The fourth-order valence-electron chi connectivity index (χ4n) is 1.42. The monoisotopic (exact) mass is 192 g/mol. The van der Waals surface area contributed by atoms with Crippen molar-refractivity contribution in [1.29, 1.82) is 0 Å². The summed E-state index contributed by atoms with van der Waals surface area (Å²) in [5.41, 5.74) is 5.31. The Labute approximate surface area is 81.7 Å². The molecule has 0 bridgehead atoms. The van der Waals surface area contributed by atoms with Gasteiger partial charge in [-0.25, -0.2) is 4.98 Å². The summed E-state index contributed by atoms with van der Waals surface area (Å²) in [4.78, 5) is 8.78. The zero-order valence-corrected chi connectivity index (χ0v) is 8.85. The summed E-state index contributed by atoms with van der Waals surface area (Å²) < 4.78 is 1.28. The van der Waals surface area contributed by atoms with Gasteiger partial charge in [-0.05, 0) is 18.4 Å².